The molecular formula is C17H33N3O2. The summed E-state index contributed by atoms with van der Waals surface area (Å²) in [5.74, 6) is 0.812. The van der Waals surface area contributed by atoms with Crippen LogP contribution in [-0.2, 0) is 9.53 Å². The van der Waals surface area contributed by atoms with Gasteiger partial charge >= 0.3 is 0 Å². The van der Waals surface area contributed by atoms with Crippen LogP contribution in [0.3, 0.4) is 0 Å². The topological polar surface area (TPSA) is 44.8 Å². The summed E-state index contributed by atoms with van der Waals surface area (Å²) in [4.78, 5) is 16.9. The Morgan fingerprint density at radius 1 is 1.32 bits per heavy atom. The number of nitrogens with one attached hydrogen (secondary N) is 1. The van der Waals surface area contributed by atoms with Crippen LogP contribution in [0.5, 0.6) is 0 Å². The number of carbonyl (C=O) groups excluding carboxylic acids is 1. The van der Waals surface area contributed by atoms with Crippen LogP contribution in [0.25, 0.3) is 0 Å². The first-order chi connectivity index (χ1) is 10.5. The Hall–Kier alpha value is -0.650. The van der Waals surface area contributed by atoms with E-state index in [4.69, 9.17) is 4.74 Å². The van der Waals surface area contributed by atoms with Crippen molar-refractivity contribution < 1.29 is 9.53 Å². The van der Waals surface area contributed by atoms with Crippen molar-refractivity contribution >= 4 is 5.91 Å². The predicted octanol–water partition coefficient (Wildman–Crippen LogP) is 1.33. The van der Waals surface area contributed by atoms with E-state index < -0.39 is 0 Å². The molecule has 1 N–H and O–H groups in total. The highest BCUT2D eigenvalue weighted by Gasteiger charge is 2.23. The van der Waals surface area contributed by atoms with Crippen molar-refractivity contribution in [3.8, 4) is 0 Å². The average molecular weight is 311 g/mol. The molecule has 0 bridgehead atoms. The third-order valence-corrected chi connectivity index (χ3v) is 4.66. The van der Waals surface area contributed by atoms with Gasteiger partial charge in [-0.3, -0.25) is 14.6 Å². The number of rotatable bonds is 6. The highest BCUT2D eigenvalue weighted by molar-refractivity contribution is 5.78. The van der Waals surface area contributed by atoms with Gasteiger partial charge in [-0.05, 0) is 32.2 Å². The zero-order valence-electron chi connectivity index (χ0n) is 14.5. The molecule has 128 valence electrons. The first-order valence-electron chi connectivity index (χ1n) is 8.89. The summed E-state index contributed by atoms with van der Waals surface area (Å²) in [5.41, 5.74) is 0. The predicted molar refractivity (Wildman–Crippen MR) is 88.9 cm³/mol. The lowest BCUT2D eigenvalue weighted by atomic mass is 10.0. The summed E-state index contributed by atoms with van der Waals surface area (Å²) < 4.78 is 5.78. The fourth-order valence-corrected chi connectivity index (χ4v) is 3.45. The van der Waals surface area contributed by atoms with Gasteiger partial charge in [0.1, 0.15) is 0 Å². The smallest absolute Gasteiger partial charge is 0.234 e. The highest BCUT2D eigenvalue weighted by atomic mass is 16.5. The first kappa shape index (κ1) is 17.7. The van der Waals surface area contributed by atoms with Crippen molar-refractivity contribution in [3.05, 3.63) is 0 Å². The van der Waals surface area contributed by atoms with E-state index in [0.717, 1.165) is 32.8 Å². The van der Waals surface area contributed by atoms with E-state index in [0.29, 0.717) is 25.0 Å². The van der Waals surface area contributed by atoms with Gasteiger partial charge in [0.2, 0.25) is 5.91 Å². The van der Waals surface area contributed by atoms with Crippen LogP contribution in [-0.4, -0.2) is 73.7 Å². The Morgan fingerprint density at radius 2 is 2.14 bits per heavy atom. The third kappa shape index (κ3) is 5.86. The lowest BCUT2D eigenvalue weighted by Crippen LogP contribution is -2.50. The molecule has 0 spiro atoms. The molecule has 2 saturated heterocycles. The van der Waals surface area contributed by atoms with Gasteiger partial charge < -0.3 is 10.1 Å². The van der Waals surface area contributed by atoms with E-state index in [9.17, 15) is 4.79 Å². The van der Waals surface area contributed by atoms with Crippen LogP contribution in [0.4, 0.5) is 0 Å². The van der Waals surface area contributed by atoms with E-state index >= 15 is 0 Å². The van der Waals surface area contributed by atoms with E-state index in [1.54, 1.807) is 0 Å². The zero-order chi connectivity index (χ0) is 15.9. The van der Waals surface area contributed by atoms with Crippen molar-refractivity contribution in [2.75, 3.05) is 45.9 Å². The number of carbonyl (C=O) groups is 1. The number of likely N-dealkylation sites (tertiary alicyclic amines) is 1. The quantitative estimate of drug-likeness (QED) is 0.804. The minimum atomic E-state index is 0.134. The number of piperidine rings is 1. The van der Waals surface area contributed by atoms with Gasteiger partial charge in [-0.25, -0.2) is 0 Å². The van der Waals surface area contributed by atoms with E-state index in [2.05, 4.69) is 35.9 Å². The second-order valence-electron chi connectivity index (χ2n) is 7.27. The van der Waals surface area contributed by atoms with Crippen molar-refractivity contribution in [2.45, 2.75) is 52.2 Å². The monoisotopic (exact) mass is 311 g/mol. The van der Waals surface area contributed by atoms with Crippen molar-refractivity contribution in [3.63, 3.8) is 0 Å². The van der Waals surface area contributed by atoms with Crippen LogP contribution in [0.2, 0.25) is 0 Å². The molecule has 0 aromatic heterocycles. The van der Waals surface area contributed by atoms with Gasteiger partial charge in [-0.15, -0.1) is 0 Å². The minimum Gasteiger partial charge on any atom is -0.374 e. The zero-order valence-corrected chi connectivity index (χ0v) is 14.5. The fraction of sp³-hybridized carbons (Fsp3) is 0.941. The first-order valence-corrected chi connectivity index (χ1v) is 8.89. The maximum atomic E-state index is 12.1. The van der Waals surface area contributed by atoms with Gasteiger partial charge in [0.15, 0.2) is 0 Å². The molecule has 2 atom stereocenters. The number of amides is 1. The third-order valence-electron chi connectivity index (χ3n) is 4.66. The molecule has 0 aromatic carbocycles. The molecule has 0 saturated carbocycles. The molecule has 5 nitrogen and oxygen atoms in total. The maximum absolute atomic E-state index is 12.1. The second kappa shape index (κ2) is 8.85. The van der Waals surface area contributed by atoms with Crippen molar-refractivity contribution in [1.82, 2.24) is 15.1 Å². The Labute approximate surface area is 135 Å². The number of ether oxygens (including phenoxy) is 1. The summed E-state index contributed by atoms with van der Waals surface area (Å²) >= 11 is 0. The number of morpholine rings is 1. The van der Waals surface area contributed by atoms with E-state index in [1.165, 1.54) is 19.3 Å². The van der Waals surface area contributed by atoms with Crippen LogP contribution >= 0.6 is 0 Å². The molecule has 2 aliphatic rings. The Morgan fingerprint density at radius 3 is 2.86 bits per heavy atom. The van der Waals surface area contributed by atoms with E-state index in [1.807, 2.05) is 0 Å². The number of hydrogen-bond donors (Lipinski definition) is 1. The number of nitrogens with zero attached hydrogens (tertiary/aromatic N) is 2. The molecular weight excluding hydrogens is 278 g/mol. The SMILES string of the molecule is CC(C)CN1CCOC(CNC(=O)CN2CCCCC2C)C1. The molecule has 5 heteroatoms. The van der Waals surface area contributed by atoms with Gasteiger partial charge in [-0.2, -0.15) is 0 Å². The van der Waals surface area contributed by atoms with Crippen molar-refractivity contribution in [2.24, 2.45) is 5.92 Å². The second-order valence-corrected chi connectivity index (χ2v) is 7.27. The lowest BCUT2D eigenvalue weighted by Gasteiger charge is -2.35. The summed E-state index contributed by atoms with van der Waals surface area (Å²) in [7, 11) is 0. The Balaban J connectivity index is 1.67. The normalized spacial score (nSPS) is 28.0. The molecule has 2 unspecified atom stereocenters. The molecule has 0 radical (unpaired) electrons. The lowest BCUT2D eigenvalue weighted by molar-refractivity contribution is -0.124. The minimum absolute atomic E-state index is 0.134. The van der Waals surface area contributed by atoms with Gasteiger partial charge in [0.25, 0.3) is 0 Å². The molecule has 1 amide bonds. The standard InChI is InChI=1S/C17H33N3O2/c1-14(2)11-19-8-9-22-16(12-19)10-18-17(21)13-20-7-5-4-6-15(20)3/h14-16H,4-13H2,1-3H3,(H,18,21). The van der Waals surface area contributed by atoms with Crippen LogP contribution in [0.15, 0.2) is 0 Å². The molecule has 2 heterocycles. The van der Waals surface area contributed by atoms with Gasteiger partial charge in [-0.1, -0.05) is 20.3 Å². The molecule has 0 aromatic rings. The maximum Gasteiger partial charge on any atom is 0.234 e. The molecule has 2 fully saturated rings. The Kier molecular flexibility index (Phi) is 7.12. The highest BCUT2D eigenvalue weighted by Crippen LogP contribution is 2.15. The fourth-order valence-electron chi connectivity index (χ4n) is 3.45. The average Bonchev–Trinajstić information content (AvgIpc) is 2.47. The molecule has 2 rings (SSSR count). The van der Waals surface area contributed by atoms with E-state index in [-0.39, 0.29) is 12.0 Å². The van der Waals surface area contributed by atoms with Gasteiger partial charge in [0, 0.05) is 32.2 Å². The Bertz CT molecular complexity index is 349. The molecule has 2 aliphatic heterocycles. The molecule has 22 heavy (non-hydrogen) atoms. The number of hydrogen-bond acceptors (Lipinski definition) is 4. The van der Waals surface area contributed by atoms with Crippen LogP contribution in [0.1, 0.15) is 40.0 Å². The summed E-state index contributed by atoms with van der Waals surface area (Å²) in [6.07, 6.45) is 3.85. The van der Waals surface area contributed by atoms with Crippen LogP contribution in [0, 0.1) is 5.92 Å². The van der Waals surface area contributed by atoms with Crippen molar-refractivity contribution in [1.29, 1.82) is 0 Å². The summed E-state index contributed by atoms with van der Waals surface area (Å²) in [6, 6.07) is 0.534. The largest absolute Gasteiger partial charge is 0.374 e. The summed E-state index contributed by atoms with van der Waals surface area (Å²) in [6.45, 7) is 12.7. The summed E-state index contributed by atoms with van der Waals surface area (Å²) in [5, 5.41) is 3.06. The van der Waals surface area contributed by atoms with Crippen LogP contribution < -0.4 is 5.32 Å². The van der Waals surface area contributed by atoms with Gasteiger partial charge in [0.05, 0.1) is 19.3 Å². The molecule has 0 aliphatic carbocycles.